The van der Waals surface area contributed by atoms with Crippen LogP contribution >= 0.6 is 0 Å². The van der Waals surface area contributed by atoms with Crippen LogP contribution in [0, 0.1) is 17.0 Å². The average Bonchev–Trinajstić information content (AvgIpc) is 3.23. The number of carbonyl (C=O) groups is 2. The number of nitrogens with one attached hydrogen (secondary N) is 1. The predicted molar refractivity (Wildman–Crippen MR) is 117 cm³/mol. The third kappa shape index (κ3) is 3.98. The second-order valence-electron chi connectivity index (χ2n) is 8.57. The second-order valence-corrected chi connectivity index (χ2v) is 8.57. The minimum absolute atomic E-state index is 0.0421. The summed E-state index contributed by atoms with van der Waals surface area (Å²) in [7, 11) is 1.68. The number of likely N-dealkylation sites (N-methyl/N-ethyl adjacent to an activating group) is 1. The summed E-state index contributed by atoms with van der Waals surface area (Å²) < 4.78 is 27.6. The van der Waals surface area contributed by atoms with Crippen LogP contribution in [0.5, 0.6) is 0 Å². The maximum atomic E-state index is 14.1. The summed E-state index contributed by atoms with van der Waals surface area (Å²) in [4.78, 5) is 29.8. The molecule has 6 nitrogen and oxygen atoms in total. The fraction of sp³-hybridized carbons (Fsp3) is 0.500. The summed E-state index contributed by atoms with van der Waals surface area (Å²) in [5.41, 5.74) is 0.311. The van der Waals surface area contributed by atoms with Gasteiger partial charge in [-0.2, -0.15) is 0 Å². The van der Waals surface area contributed by atoms with E-state index in [4.69, 9.17) is 0 Å². The zero-order chi connectivity index (χ0) is 23.6. The Morgan fingerprint density at radius 2 is 2.00 bits per heavy atom. The zero-order valence-electron chi connectivity index (χ0n) is 19.1. The second kappa shape index (κ2) is 9.30. The van der Waals surface area contributed by atoms with Crippen molar-refractivity contribution in [3.63, 3.8) is 0 Å². The molecule has 1 saturated heterocycles. The van der Waals surface area contributed by atoms with Crippen molar-refractivity contribution in [2.24, 2.45) is 5.41 Å². The molecular formula is C24H31F2N3O3. The highest BCUT2D eigenvalue weighted by Gasteiger charge is 2.49. The molecule has 8 heteroatoms. The lowest BCUT2D eigenvalue weighted by atomic mass is 9.72. The van der Waals surface area contributed by atoms with Crippen LogP contribution in [0.15, 0.2) is 40.9 Å². The van der Waals surface area contributed by atoms with Crippen molar-refractivity contribution in [1.29, 1.82) is 0 Å². The van der Waals surface area contributed by atoms with Crippen LogP contribution in [0.25, 0.3) is 0 Å². The van der Waals surface area contributed by atoms with E-state index in [2.05, 4.69) is 5.32 Å². The average molecular weight is 448 g/mol. The molecule has 0 aliphatic carbocycles. The topological polar surface area (TPSA) is 72.9 Å². The molecule has 1 aromatic rings. The van der Waals surface area contributed by atoms with E-state index in [1.165, 1.54) is 17.0 Å². The van der Waals surface area contributed by atoms with Crippen molar-refractivity contribution in [3.05, 3.63) is 58.1 Å². The fourth-order valence-corrected chi connectivity index (χ4v) is 4.62. The summed E-state index contributed by atoms with van der Waals surface area (Å²) >= 11 is 0. The lowest BCUT2D eigenvalue weighted by Crippen LogP contribution is -2.45. The Morgan fingerprint density at radius 3 is 2.66 bits per heavy atom. The molecular weight excluding hydrogens is 416 g/mol. The third-order valence-electron chi connectivity index (χ3n) is 6.45. The third-order valence-corrected chi connectivity index (χ3v) is 6.45. The molecule has 0 aromatic heterocycles. The summed E-state index contributed by atoms with van der Waals surface area (Å²) in [6, 6.07) is 3.83. The molecule has 0 bridgehead atoms. The van der Waals surface area contributed by atoms with Crippen LogP contribution in [0.3, 0.4) is 0 Å². The Bertz CT molecular complexity index is 989. The number of carbonyl (C=O) groups excluding carboxylic acids is 2. The maximum absolute atomic E-state index is 14.1. The Hall–Kier alpha value is -2.90. The number of amides is 2. The Labute approximate surface area is 187 Å². The number of hydrogen-bond acceptors (Lipinski definition) is 4. The van der Waals surface area contributed by atoms with E-state index < -0.39 is 23.0 Å². The first-order chi connectivity index (χ1) is 15.2. The van der Waals surface area contributed by atoms with Gasteiger partial charge >= 0.3 is 0 Å². The SMILES string of the molecule is CCCC1(C)C(O)=C(C(=O)N(C)CC)N2CCCC2=C1C(=O)NCc1cccc(F)c1F. The van der Waals surface area contributed by atoms with E-state index in [-0.39, 0.29) is 29.5 Å². The van der Waals surface area contributed by atoms with Gasteiger partial charge in [-0.3, -0.25) is 9.59 Å². The summed E-state index contributed by atoms with van der Waals surface area (Å²) in [5.74, 6) is -2.82. The van der Waals surface area contributed by atoms with E-state index in [9.17, 15) is 23.5 Å². The molecule has 2 amide bonds. The summed E-state index contributed by atoms with van der Waals surface area (Å²) in [5, 5.41) is 14.0. The van der Waals surface area contributed by atoms with Crippen LogP contribution < -0.4 is 5.32 Å². The van der Waals surface area contributed by atoms with Gasteiger partial charge in [0.2, 0.25) is 5.91 Å². The zero-order valence-corrected chi connectivity index (χ0v) is 19.1. The van der Waals surface area contributed by atoms with Gasteiger partial charge in [-0.25, -0.2) is 8.78 Å². The van der Waals surface area contributed by atoms with Crippen LogP contribution in [-0.4, -0.2) is 46.9 Å². The van der Waals surface area contributed by atoms with Gasteiger partial charge in [-0.05, 0) is 39.2 Å². The first-order valence-corrected chi connectivity index (χ1v) is 11.1. The first-order valence-electron chi connectivity index (χ1n) is 11.1. The van der Waals surface area contributed by atoms with Gasteiger partial charge in [0.05, 0.1) is 5.41 Å². The highest BCUT2D eigenvalue weighted by molar-refractivity contribution is 6.00. The highest BCUT2D eigenvalue weighted by atomic mass is 19.2. The molecule has 1 fully saturated rings. The summed E-state index contributed by atoms with van der Waals surface area (Å²) in [6.45, 7) is 6.40. The maximum Gasteiger partial charge on any atom is 0.273 e. The van der Waals surface area contributed by atoms with E-state index >= 15 is 0 Å². The van der Waals surface area contributed by atoms with Gasteiger partial charge < -0.3 is 20.2 Å². The van der Waals surface area contributed by atoms with Gasteiger partial charge in [0.15, 0.2) is 11.6 Å². The van der Waals surface area contributed by atoms with Crippen molar-refractivity contribution < 1.29 is 23.5 Å². The smallest absolute Gasteiger partial charge is 0.273 e. The molecule has 1 atom stereocenters. The minimum Gasteiger partial charge on any atom is -0.509 e. The molecule has 1 unspecified atom stereocenters. The van der Waals surface area contributed by atoms with E-state index in [0.717, 1.165) is 12.5 Å². The number of rotatable bonds is 7. The van der Waals surface area contributed by atoms with E-state index in [0.29, 0.717) is 43.6 Å². The van der Waals surface area contributed by atoms with Crippen molar-refractivity contribution in [2.75, 3.05) is 20.1 Å². The van der Waals surface area contributed by atoms with Crippen LogP contribution in [0.1, 0.15) is 52.0 Å². The van der Waals surface area contributed by atoms with Gasteiger partial charge in [-0.15, -0.1) is 0 Å². The first kappa shape index (κ1) is 23.8. The molecule has 2 heterocycles. The molecule has 32 heavy (non-hydrogen) atoms. The molecule has 0 saturated carbocycles. The Balaban J connectivity index is 2.01. The number of aliphatic hydroxyl groups is 1. The fourth-order valence-electron chi connectivity index (χ4n) is 4.62. The number of benzene rings is 1. The number of hydrogen-bond donors (Lipinski definition) is 2. The van der Waals surface area contributed by atoms with Crippen molar-refractivity contribution in [1.82, 2.24) is 15.1 Å². The highest BCUT2D eigenvalue weighted by Crippen LogP contribution is 2.49. The van der Waals surface area contributed by atoms with Crippen LogP contribution in [-0.2, 0) is 16.1 Å². The Morgan fingerprint density at radius 1 is 1.28 bits per heavy atom. The molecule has 174 valence electrons. The van der Waals surface area contributed by atoms with Gasteiger partial charge in [0, 0.05) is 43.5 Å². The number of halogens is 2. The lowest BCUT2D eigenvalue weighted by molar-refractivity contribution is -0.128. The van der Waals surface area contributed by atoms with Gasteiger partial charge in [-0.1, -0.05) is 25.5 Å². The summed E-state index contributed by atoms with van der Waals surface area (Å²) in [6.07, 6.45) is 2.47. The van der Waals surface area contributed by atoms with Crippen molar-refractivity contribution >= 4 is 11.8 Å². The number of aliphatic hydroxyl groups excluding tert-OH is 1. The van der Waals surface area contributed by atoms with Crippen LogP contribution in [0.4, 0.5) is 8.78 Å². The lowest BCUT2D eigenvalue weighted by Gasteiger charge is -2.41. The standard InChI is InChI=1S/C24H31F2N3O3/c1-5-12-24(3)18(22(31)27-14-15-9-7-10-16(25)19(15)26)17-11-8-13-29(17)20(21(24)30)23(32)28(4)6-2/h7,9-10,30H,5-6,8,11-14H2,1-4H3,(H,27,31). The minimum atomic E-state index is -1.06. The van der Waals surface area contributed by atoms with E-state index in [1.807, 2.05) is 13.8 Å². The Kier molecular flexibility index (Phi) is 6.91. The number of fused-ring (bicyclic) bond motifs is 1. The number of nitrogens with zero attached hydrogens (tertiary/aromatic N) is 2. The van der Waals surface area contributed by atoms with Crippen LogP contribution in [0.2, 0.25) is 0 Å². The van der Waals surface area contributed by atoms with Crippen molar-refractivity contribution in [2.45, 2.75) is 53.0 Å². The van der Waals surface area contributed by atoms with E-state index in [1.54, 1.807) is 18.9 Å². The molecule has 2 N–H and O–H groups in total. The quantitative estimate of drug-likeness (QED) is 0.663. The monoisotopic (exact) mass is 447 g/mol. The normalized spacial score (nSPS) is 20.5. The molecule has 1 aromatic carbocycles. The molecule has 0 radical (unpaired) electrons. The molecule has 0 spiro atoms. The number of allylic oxidation sites excluding steroid dienone is 2. The predicted octanol–water partition coefficient (Wildman–Crippen LogP) is 4.00. The molecule has 2 aliphatic heterocycles. The molecule has 3 rings (SSSR count). The molecule has 2 aliphatic rings. The largest absolute Gasteiger partial charge is 0.509 e. The van der Waals surface area contributed by atoms with Gasteiger partial charge in [0.25, 0.3) is 5.91 Å². The van der Waals surface area contributed by atoms with Gasteiger partial charge in [0.1, 0.15) is 11.5 Å². The van der Waals surface area contributed by atoms with Crippen molar-refractivity contribution in [3.8, 4) is 0 Å².